The number of carbonyl (C=O) groups is 1. The Morgan fingerprint density at radius 1 is 1.53 bits per heavy atom. The van der Waals surface area contributed by atoms with Crippen LogP contribution in [-0.2, 0) is 10.2 Å². The number of aromatic carboxylic acids is 1. The Morgan fingerprint density at radius 3 is 2.65 bits per heavy atom. The molecule has 4 heteroatoms. The highest BCUT2D eigenvalue weighted by Crippen LogP contribution is 2.41. The molecule has 0 atom stereocenters. The first kappa shape index (κ1) is 11.9. The van der Waals surface area contributed by atoms with E-state index in [1.54, 1.807) is 12.1 Å². The monoisotopic (exact) mass is 236 g/mol. The van der Waals surface area contributed by atoms with Gasteiger partial charge < -0.3 is 14.6 Å². The van der Waals surface area contributed by atoms with E-state index in [1.165, 1.54) is 7.11 Å². The van der Waals surface area contributed by atoms with Crippen molar-refractivity contribution >= 4 is 5.97 Å². The molecule has 0 unspecified atom stereocenters. The highest BCUT2D eigenvalue weighted by Gasteiger charge is 2.41. The van der Waals surface area contributed by atoms with Crippen LogP contribution in [0, 0.1) is 0 Å². The van der Waals surface area contributed by atoms with Crippen molar-refractivity contribution in [2.45, 2.75) is 18.8 Å². The fourth-order valence-electron chi connectivity index (χ4n) is 2.24. The van der Waals surface area contributed by atoms with Crippen LogP contribution in [0.1, 0.15) is 29.3 Å². The van der Waals surface area contributed by atoms with Crippen molar-refractivity contribution in [3.8, 4) is 5.75 Å². The van der Waals surface area contributed by atoms with Crippen molar-refractivity contribution in [1.82, 2.24) is 0 Å². The van der Waals surface area contributed by atoms with E-state index in [9.17, 15) is 4.79 Å². The predicted molar refractivity (Wildman–Crippen MR) is 62.7 cm³/mol. The van der Waals surface area contributed by atoms with Crippen LogP contribution in [-0.4, -0.2) is 31.4 Å². The normalized spacial score (nSPS) is 17.3. The Bertz CT molecular complexity index is 430. The van der Waals surface area contributed by atoms with Crippen LogP contribution >= 0.6 is 0 Å². The summed E-state index contributed by atoms with van der Waals surface area (Å²) >= 11 is 0. The van der Waals surface area contributed by atoms with Gasteiger partial charge in [0.1, 0.15) is 11.3 Å². The van der Waals surface area contributed by atoms with Gasteiger partial charge in [-0.2, -0.15) is 0 Å². The number of para-hydroxylation sites is 1. The van der Waals surface area contributed by atoms with Gasteiger partial charge in [-0.15, -0.1) is 0 Å². The molecule has 0 spiro atoms. The van der Waals surface area contributed by atoms with E-state index in [-0.39, 0.29) is 11.0 Å². The average Bonchev–Trinajstić information content (AvgIpc) is 2.28. The Labute approximate surface area is 100 Å². The average molecular weight is 236 g/mol. The molecule has 1 aliphatic rings. The first-order chi connectivity index (χ1) is 8.14. The quantitative estimate of drug-likeness (QED) is 0.869. The summed E-state index contributed by atoms with van der Waals surface area (Å²) in [6, 6.07) is 5.25. The molecule has 0 radical (unpaired) electrons. The summed E-state index contributed by atoms with van der Waals surface area (Å²) in [6.45, 7) is 3.33. The van der Waals surface area contributed by atoms with E-state index in [1.807, 2.05) is 6.07 Å². The van der Waals surface area contributed by atoms with E-state index in [0.717, 1.165) is 12.0 Å². The van der Waals surface area contributed by atoms with Crippen LogP contribution in [0.2, 0.25) is 0 Å². The maximum Gasteiger partial charge on any atom is 0.339 e. The van der Waals surface area contributed by atoms with Gasteiger partial charge in [-0.3, -0.25) is 0 Å². The van der Waals surface area contributed by atoms with Gasteiger partial charge in [-0.1, -0.05) is 19.1 Å². The molecule has 1 fully saturated rings. The SMILES string of the molecule is CCC1(c2cccc(C(=O)O)c2OC)COC1. The van der Waals surface area contributed by atoms with E-state index in [0.29, 0.717) is 19.0 Å². The molecule has 1 aromatic carbocycles. The van der Waals surface area contributed by atoms with Crippen LogP contribution in [0.15, 0.2) is 18.2 Å². The molecule has 1 saturated heterocycles. The third-order valence-corrected chi connectivity index (χ3v) is 3.45. The molecule has 0 amide bonds. The standard InChI is InChI=1S/C13H16O4/c1-3-13(7-17-8-13)10-6-4-5-9(12(14)15)11(10)16-2/h4-6H,3,7-8H2,1-2H3,(H,14,15). The maximum atomic E-state index is 11.1. The van der Waals surface area contributed by atoms with Crippen molar-refractivity contribution in [3.05, 3.63) is 29.3 Å². The molecule has 1 N–H and O–H groups in total. The van der Waals surface area contributed by atoms with Crippen LogP contribution in [0.25, 0.3) is 0 Å². The molecule has 2 rings (SSSR count). The van der Waals surface area contributed by atoms with Gasteiger partial charge in [0.2, 0.25) is 0 Å². The molecule has 0 aromatic heterocycles. The van der Waals surface area contributed by atoms with Gasteiger partial charge in [-0.25, -0.2) is 4.79 Å². The van der Waals surface area contributed by atoms with Crippen molar-refractivity contribution < 1.29 is 19.4 Å². The second-order valence-corrected chi connectivity index (χ2v) is 4.32. The molecule has 1 aliphatic heterocycles. The molecule has 0 saturated carbocycles. The zero-order valence-corrected chi connectivity index (χ0v) is 10.0. The van der Waals surface area contributed by atoms with Crippen molar-refractivity contribution in [2.75, 3.05) is 20.3 Å². The highest BCUT2D eigenvalue weighted by molar-refractivity contribution is 5.91. The molecular weight excluding hydrogens is 220 g/mol. The minimum absolute atomic E-state index is 0.0865. The summed E-state index contributed by atoms with van der Waals surface area (Å²) < 4.78 is 10.6. The molecule has 0 bridgehead atoms. The topological polar surface area (TPSA) is 55.8 Å². The fourth-order valence-corrected chi connectivity index (χ4v) is 2.24. The molecule has 0 aliphatic carbocycles. The van der Waals surface area contributed by atoms with Gasteiger partial charge in [0.05, 0.1) is 20.3 Å². The van der Waals surface area contributed by atoms with E-state index in [2.05, 4.69) is 6.92 Å². The zero-order valence-electron chi connectivity index (χ0n) is 10.0. The highest BCUT2D eigenvalue weighted by atomic mass is 16.5. The van der Waals surface area contributed by atoms with Crippen LogP contribution in [0.5, 0.6) is 5.75 Å². The summed E-state index contributed by atoms with van der Waals surface area (Å²) in [5, 5.41) is 9.14. The van der Waals surface area contributed by atoms with Crippen LogP contribution in [0.4, 0.5) is 0 Å². The summed E-state index contributed by atoms with van der Waals surface area (Å²) in [5.74, 6) is -0.500. The lowest BCUT2D eigenvalue weighted by Crippen LogP contribution is -2.46. The molecule has 1 heterocycles. The summed E-state index contributed by atoms with van der Waals surface area (Å²) in [4.78, 5) is 11.1. The molecule has 17 heavy (non-hydrogen) atoms. The van der Waals surface area contributed by atoms with Gasteiger partial charge in [-0.05, 0) is 12.5 Å². The maximum absolute atomic E-state index is 11.1. The first-order valence-corrected chi connectivity index (χ1v) is 5.63. The smallest absolute Gasteiger partial charge is 0.339 e. The fraction of sp³-hybridized carbons (Fsp3) is 0.462. The predicted octanol–water partition coefficient (Wildman–Crippen LogP) is 2.07. The van der Waals surface area contributed by atoms with Gasteiger partial charge in [0.15, 0.2) is 0 Å². The number of rotatable bonds is 4. The number of methoxy groups -OCH3 is 1. The molecule has 92 valence electrons. The van der Waals surface area contributed by atoms with E-state index < -0.39 is 5.97 Å². The van der Waals surface area contributed by atoms with Gasteiger partial charge in [0.25, 0.3) is 0 Å². The van der Waals surface area contributed by atoms with Crippen LogP contribution < -0.4 is 4.74 Å². The number of carboxylic acid groups (broad SMARTS) is 1. The van der Waals surface area contributed by atoms with Gasteiger partial charge >= 0.3 is 5.97 Å². The number of carboxylic acids is 1. The zero-order chi connectivity index (χ0) is 12.5. The minimum Gasteiger partial charge on any atom is -0.496 e. The van der Waals surface area contributed by atoms with E-state index in [4.69, 9.17) is 14.6 Å². The summed E-state index contributed by atoms with van der Waals surface area (Å²) in [6.07, 6.45) is 0.909. The number of ether oxygens (including phenoxy) is 2. The number of hydrogen-bond donors (Lipinski definition) is 1. The van der Waals surface area contributed by atoms with E-state index >= 15 is 0 Å². The molecule has 1 aromatic rings. The Morgan fingerprint density at radius 2 is 2.24 bits per heavy atom. The third-order valence-electron chi connectivity index (χ3n) is 3.45. The number of benzene rings is 1. The largest absolute Gasteiger partial charge is 0.496 e. The first-order valence-electron chi connectivity index (χ1n) is 5.63. The third kappa shape index (κ3) is 1.78. The van der Waals surface area contributed by atoms with Gasteiger partial charge in [0, 0.05) is 11.0 Å². The Kier molecular flexibility index (Phi) is 3.07. The Balaban J connectivity index is 2.53. The lowest BCUT2D eigenvalue weighted by molar-refractivity contribution is -0.0629. The summed E-state index contributed by atoms with van der Waals surface area (Å²) in [5.41, 5.74) is 1.06. The van der Waals surface area contributed by atoms with Crippen molar-refractivity contribution in [1.29, 1.82) is 0 Å². The second-order valence-electron chi connectivity index (χ2n) is 4.32. The van der Waals surface area contributed by atoms with Crippen molar-refractivity contribution in [2.24, 2.45) is 0 Å². The Hall–Kier alpha value is -1.55. The van der Waals surface area contributed by atoms with Crippen LogP contribution in [0.3, 0.4) is 0 Å². The number of hydrogen-bond acceptors (Lipinski definition) is 3. The summed E-state index contributed by atoms with van der Waals surface area (Å²) in [7, 11) is 1.51. The lowest BCUT2D eigenvalue weighted by Gasteiger charge is -2.42. The molecule has 4 nitrogen and oxygen atoms in total. The minimum atomic E-state index is -0.963. The molecular formula is C13H16O4. The lowest BCUT2D eigenvalue weighted by atomic mass is 9.75. The van der Waals surface area contributed by atoms with Crippen molar-refractivity contribution in [3.63, 3.8) is 0 Å². The second kappa shape index (κ2) is 4.37.